The van der Waals surface area contributed by atoms with E-state index in [1.165, 1.54) is 0 Å². The molecule has 2 N–H and O–H groups in total. The first-order valence-electron chi connectivity index (χ1n) is 8.53. The molecule has 0 aliphatic heterocycles. The number of carbonyl (C=O) groups excluding carboxylic acids is 1. The maximum atomic E-state index is 12.2. The van der Waals surface area contributed by atoms with Crippen molar-refractivity contribution >= 4 is 33.7 Å². The Balaban J connectivity index is 1.38. The zero-order valence-corrected chi connectivity index (χ0v) is 14.4. The molecule has 0 bridgehead atoms. The first kappa shape index (κ1) is 16.1. The van der Waals surface area contributed by atoms with Crippen LogP contribution in [0.5, 0.6) is 0 Å². The van der Waals surface area contributed by atoms with Crippen LogP contribution in [0.25, 0.3) is 21.9 Å². The summed E-state index contributed by atoms with van der Waals surface area (Å²) in [4.78, 5) is 21.2. The Kier molecular flexibility index (Phi) is 4.23. The molecule has 2 heterocycles. The summed E-state index contributed by atoms with van der Waals surface area (Å²) in [6.45, 7) is 2.53. The molecule has 4 rings (SSSR count). The lowest BCUT2D eigenvalue weighted by Crippen LogP contribution is -2.30. The molecule has 0 spiro atoms. The highest BCUT2D eigenvalue weighted by atomic mass is 16.2. The van der Waals surface area contributed by atoms with Gasteiger partial charge in [-0.15, -0.1) is 0 Å². The van der Waals surface area contributed by atoms with Crippen LogP contribution in [0.15, 0.2) is 60.7 Å². The SMILES string of the molecule is Cc1nc2ccccc2n1CCC(=O)NNc1ccc2ccccc2n1. The van der Waals surface area contributed by atoms with E-state index >= 15 is 0 Å². The van der Waals surface area contributed by atoms with Gasteiger partial charge in [0.15, 0.2) is 0 Å². The van der Waals surface area contributed by atoms with E-state index in [0.29, 0.717) is 18.8 Å². The van der Waals surface area contributed by atoms with E-state index in [2.05, 4.69) is 25.4 Å². The Morgan fingerprint density at radius 2 is 1.73 bits per heavy atom. The Bertz CT molecular complexity index is 1090. The van der Waals surface area contributed by atoms with E-state index < -0.39 is 0 Å². The number of aromatic nitrogens is 3. The van der Waals surface area contributed by atoms with E-state index in [0.717, 1.165) is 27.8 Å². The monoisotopic (exact) mass is 345 g/mol. The van der Waals surface area contributed by atoms with Gasteiger partial charge in [0.2, 0.25) is 5.91 Å². The second-order valence-electron chi connectivity index (χ2n) is 6.11. The molecule has 0 atom stereocenters. The number of hydrazine groups is 1. The van der Waals surface area contributed by atoms with Crippen molar-refractivity contribution in [1.82, 2.24) is 20.0 Å². The third kappa shape index (κ3) is 3.21. The molecule has 1 amide bonds. The molecule has 0 aliphatic rings. The zero-order chi connectivity index (χ0) is 17.9. The third-order valence-corrected chi connectivity index (χ3v) is 4.34. The van der Waals surface area contributed by atoms with Crippen molar-refractivity contribution < 1.29 is 4.79 Å². The van der Waals surface area contributed by atoms with Gasteiger partial charge in [-0.25, -0.2) is 9.97 Å². The number of pyridine rings is 1. The molecular formula is C20H19N5O. The van der Waals surface area contributed by atoms with Crippen LogP contribution >= 0.6 is 0 Å². The van der Waals surface area contributed by atoms with Crippen molar-refractivity contribution in [3.8, 4) is 0 Å². The first-order chi connectivity index (χ1) is 12.7. The molecule has 26 heavy (non-hydrogen) atoms. The van der Waals surface area contributed by atoms with Crippen LogP contribution < -0.4 is 10.9 Å². The van der Waals surface area contributed by atoms with E-state index in [9.17, 15) is 4.79 Å². The van der Waals surface area contributed by atoms with Crippen molar-refractivity contribution in [3.63, 3.8) is 0 Å². The van der Waals surface area contributed by atoms with Gasteiger partial charge in [0.1, 0.15) is 11.6 Å². The maximum Gasteiger partial charge on any atom is 0.240 e. The molecule has 0 radical (unpaired) electrons. The number of hydrogen-bond acceptors (Lipinski definition) is 4. The number of nitrogens with zero attached hydrogens (tertiary/aromatic N) is 3. The van der Waals surface area contributed by atoms with E-state index in [1.54, 1.807) is 0 Å². The normalized spacial score (nSPS) is 11.0. The van der Waals surface area contributed by atoms with Crippen molar-refractivity contribution in [2.75, 3.05) is 5.43 Å². The molecule has 4 aromatic rings. The molecule has 6 heteroatoms. The average Bonchev–Trinajstić information content (AvgIpc) is 2.99. The minimum atomic E-state index is -0.0999. The topological polar surface area (TPSA) is 71.8 Å². The fourth-order valence-electron chi connectivity index (χ4n) is 3.02. The number of carbonyl (C=O) groups is 1. The second-order valence-corrected chi connectivity index (χ2v) is 6.11. The number of fused-ring (bicyclic) bond motifs is 2. The number of aryl methyl sites for hydroxylation is 2. The molecule has 2 aromatic heterocycles. The van der Waals surface area contributed by atoms with Gasteiger partial charge >= 0.3 is 0 Å². The second kappa shape index (κ2) is 6.84. The Morgan fingerprint density at radius 1 is 0.962 bits per heavy atom. The highest BCUT2D eigenvalue weighted by Gasteiger charge is 2.09. The Morgan fingerprint density at radius 3 is 2.62 bits per heavy atom. The van der Waals surface area contributed by atoms with E-state index in [-0.39, 0.29) is 5.91 Å². The number of para-hydroxylation sites is 3. The number of benzene rings is 2. The molecule has 0 aliphatic carbocycles. The molecule has 0 saturated carbocycles. The molecule has 2 aromatic carbocycles. The quantitative estimate of drug-likeness (QED) is 0.544. The first-order valence-corrected chi connectivity index (χ1v) is 8.53. The zero-order valence-electron chi connectivity index (χ0n) is 14.4. The van der Waals surface area contributed by atoms with Gasteiger partial charge in [0, 0.05) is 18.4 Å². The minimum absolute atomic E-state index is 0.0999. The molecule has 6 nitrogen and oxygen atoms in total. The lowest BCUT2D eigenvalue weighted by Gasteiger charge is -2.10. The minimum Gasteiger partial charge on any atom is -0.328 e. The summed E-state index contributed by atoms with van der Waals surface area (Å²) >= 11 is 0. The standard InChI is InChI=1S/C20H19N5O/c1-14-21-17-8-4-5-9-18(17)25(14)13-12-20(26)24-23-19-11-10-15-6-2-3-7-16(15)22-19/h2-11H,12-13H2,1H3,(H,22,23)(H,24,26). The molecule has 0 fully saturated rings. The summed E-state index contributed by atoms with van der Waals surface area (Å²) in [5.74, 6) is 1.42. The number of imidazole rings is 1. The Hall–Kier alpha value is -3.41. The summed E-state index contributed by atoms with van der Waals surface area (Å²) in [5, 5.41) is 1.06. The predicted molar refractivity (Wildman–Crippen MR) is 103 cm³/mol. The van der Waals surface area contributed by atoms with Crippen LogP contribution in [0.2, 0.25) is 0 Å². The van der Waals surface area contributed by atoms with Gasteiger partial charge in [-0.3, -0.25) is 15.6 Å². The largest absolute Gasteiger partial charge is 0.328 e. The van der Waals surface area contributed by atoms with Crippen LogP contribution in [0.3, 0.4) is 0 Å². The number of rotatable bonds is 5. The third-order valence-electron chi connectivity index (χ3n) is 4.34. The van der Waals surface area contributed by atoms with E-state index in [1.807, 2.05) is 67.6 Å². The molecule has 0 unspecified atom stereocenters. The number of hydrogen-bond donors (Lipinski definition) is 2. The van der Waals surface area contributed by atoms with Crippen LogP contribution in [0.1, 0.15) is 12.2 Å². The van der Waals surface area contributed by atoms with E-state index in [4.69, 9.17) is 0 Å². The smallest absolute Gasteiger partial charge is 0.240 e. The van der Waals surface area contributed by atoms with Crippen molar-refractivity contribution in [3.05, 3.63) is 66.5 Å². The van der Waals surface area contributed by atoms with Crippen LogP contribution in [-0.2, 0) is 11.3 Å². The summed E-state index contributed by atoms with van der Waals surface area (Å²) in [6, 6.07) is 19.6. The van der Waals surface area contributed by atoms with Crippen LogP contribution in [-0.4, -0.2) is 20.4 Å². The highest BCUT2D eigenvalue weighted by molar-refractivity contribution is 5.81. The van der Waals surface area contributed by atoms with Gasteiger partial charge in [0.25, 0.3) is 0 Å². The molecule has 0 saturated heterocycles. The average molecular weight is 345 g/mol. The van der Waals surface area contributed by atoms with Crippen LogP contribution in [0, 0.1) is 6.92 Å². The van der Waals surface area contributed by atoms with Gasteiger partial charge in [0.05, 0.1) is 16.6 Å². The molecule has 130 valence electrons. The van der Waals surface area contributed by atoms with Gasteiger partial charge in [-0.1, -0.05) is 30.3 Å². The summed E-state index contributed by atoms with van der Waals surface area (Å²) in [7, 11) is 0. The lowest BCUT2D eigenvalue weighted by molar-refractivity contribution is -0.120. The summed E-state index contributed by atoms with van der Waals surface area (Å²) < 4.78 is 2.06. The van der Waals surface area contributed by atoms with Gasteiger partial charge < -0.3 is 4.57 Å². The molecular weight excluding hydrogens is 326 g/mol. The van der Waals surface area contributed by atoms with Gasteiger partial charge in [-0.05, 0) is 37.3 Å². The number of nitrogens with one attached hydrogen (secondary N) is 2. The lowest BCUT2D eigenvalue weighted by atomic mass is 10.2. The Labute approximate surface area is 150 Å². The number of anilines is 1. The van der Waals surface area contributed by atoms with Gasteiger partial charge in [-0.2, -0.15) is 0 Å². The fourth-order valence-corrected chi connectivity index (χ4v) is 3.02. The maximum absolute atomic E-state index is 12.2. The predicted octanol–water partition coefficient (Wildman–Crippen LogP) is 3.43. The summed E-state index contributed by atoms with van der Waals surface area (Å²) in [5.41, 5.74) is 8.46. The highest BCUT2D eigenvalue weighted by Crippen LogP contribution is 2.16. The summed E-state index contributed by atoms with van der Waals surface area (Å²) in [6.07, 6.45) is 0.349. The van der Waals surface area contributed by atoms with Crippen molar-refractivity contribution in [2.24, 2.45) is 0 Å². The fraction of sp³-hybridized carbons (Fsp3) is 0.150. The number of amides is 1. The van der Waals surface area contributed by atoms with Crippen LogP contribution in [0.4, 0.5) is 5.82 Å². The van der Waals surface area contributed by atoms with Crippen molar-refractivity contribution in [1.29, 1.82) is 0 Å². The van der Waals surface area contributed by atoms with Crippen molar-refractivity contribution in [2.45, 2.75) is 19.9 Å².